The van der Waals surface area contributed by atoms with Gasteiger partial charge >= 0.3 is 0 Å². The monoisotopic (exact) mass is 276 g/mol. The number of hydrogen-bond acceptors (Lipinski definition) is 3. The molecule has 1 saturated heterocycles. The number of nitrogens with zero attached hydrogens (tertiary/aromatic N) is 1. The van der Waals surface area contributed by atoms with Crippen LogP contribution in [0, 0.1) is 12.8 Å². The summed E-state index contributed by atoms with van der Waals surface area (Å²) in [6.07, 6.45) is 2.07. The van der Waals surface area contributed by atoms with E-state index >= 15 is 0 Å². The summed E-state index contributed by atoms with van der Waals surface area (Å²) >= 11 is 0. The van der Waals surface area contributed by atoms with E-state index in [0.29, 0.717) is 17.5 Å². The predicted octanol–water partition coefficient (Wildman–Crippen LogP) is 2.16. The Labute approximate surface area is 120 Å². The minimum Gasteiger partial charge on any atom is -0.508 e. The maximum atomic E-state index is 12.5. The molecule has 0 spiro atoms. The number of phenolic OH excluding ortho intramolecular Hbond substituents is 1. The molecule has 0 aromatic heterocycles. The molecule has 0 radical (unpaired) electrons. The Bertz CT molecular complexity index is 487. The molecule has 0 aliphatic carbocycles. The lowest BCUT2D eigenvalue weighted by Crippen LogP contribution is -2.50. The van der Waals surface area contributed by atoms with Gasteiger partial charge in [-0.15, -0.1) is 0 Å². The van der Waals surface area contributed by atoms with Crippen LogP contribution < -0.4 is 5.32 Å². The van der Waals surface area contributed by atoms with Crippen molar-refractivity contribution in [2.45, 2.75) is 32.7 Å². The lowest BCUT2D eigenvalue weighted by molar-refractivity contribution is 0.0631. The molecule has 110 valence electrons. The number of aryl methyl sites for hydroxylation is 1. The molecule has 2 N–H and O–H groups in total. The van der Waals surface area contributed by atoms with Gasteiger partial charge in [-0.3, -0.25) is 4.79 Å². The Morgan fingerprint density at radius 3 is 2.85 bits per heavy atom. The van der Waals surface area contributed by atoms with Crippen LogP contribution in [0.1, 0.15) is 35.7 Å². The van der Waals surface area contributed by atoms with Crippen molar-refractivity contribution in [3.63, 3.8) is 0 Å². The van der Waals surface area contributed by atoms with Crippen LogP contribution in [0.25, 0.3) is 0 Å². The van der Waals surface area contributed by atoms with E-state index < -0.39 is 0 Å². The predicted molar refractivity (Wildman–Crippen MR) is 80.0 cm³/mol. The van der Waals surface area contributed by atoms with Gasteiger partial charge in [0.25, 0.3) is 5.91 Å². The second-order valence-electron chi connectivity index (χ2n) is 5.60. The van der Waals surface area contributed by atoms with Crippen molar-refractivity contribution in [3.8, 4) is 5.75 Å². The molecule has 0 bridgehead atoms. The average molecular weight is 276 g/mol. The van der Waals surface area contributed by atoms with E-state index in [1.54, 1.807) is 18.2 Å². The maximum Gasteiger partial charge on any atom is 0.253 e. The SMILES string of the molecule is CCC1CN(C(=O)c2ccc(O)c(C)c2)CCC1NC. The van der Waals surface area contributed by atoms with E-state index in [4.69, 9.17) is 0 Å². The Morgan fingerprint density at radius 2 is 2.25 bits per heavy atom. The summed E-state index contributed by atoms with van der Waals surface area (Å²) in [5.41, 5.74) is 1.41. The smallest absolute Gasteiger partial charge is 0.253 e. The molecule has 1 aliphatic heterocycles. The lowest BCUT2D eigenvalue weighted by atomic mass is 9.89. The minimum absolute atomic E-state index is 0.0705. The maximum absolute atomic E-state index is 12.5. The molecule has 1 amide bonds. The molecular weight excluding hydrogens is 252 g/mol. The van der Waals surface area contributed by atoms with Crippen LogP contribution in [0.4, 0.5) is 0 Å². The molecule has 1 heterocycles. The highest BCUT2D eigenvalue weighted by Crippen LogP contribution is 2.23. The van der Waals surface area contributed by atoms with Crippen molar-refractivity contribution in [3.05, 3.63) is 29.3 Å². The fourth-order valence-electron chi connectivity index (χ4n) is 2.98. The van der Waals surface area contributed by atoms with Crippen LogP contribution in [-0.2, 0) is 0 Å². The number of benzene rings is 1. The van der Waals surface area contributed by atoms with Gasteiger partial charge in [-0.2, -0.15) is 0 Å². The fourth-order valence-corrected chi connectivity index (χ4v) is 2.98. The number of piperidine rings is 1. The molecule has 4 heteroatoms. The van der Waals surface area contributed by atoms with Gasteiger partial charge in [-0.25, -0.2) is 0 Å². The summed E-state index contributed by atoms with van der Waals surface area (Å²) in [6, 6.07) is 5.57. The van der Waals surface area contributed by atoms with Crippen LogP contribution in [0.15, 0.2) is 18.2 Å². The lowest BCUT2D eigenvalue weighted by Gasteiger charge is -2.38. The zero-order valence-corrected chi connectivity index (χ0v) is 12.5. The highest BCUT2D eigenvalue weighted by molar-refractivity contribution is 5.94. The first-order valence-corrected chi connectivity index (χ1v) is 7.33. The number of likely N-dealkylation sites (tertiary alicyclic amines) is 1. The van der Waals surface area contributed by atoms with Gasteiger partial charge in [0.2, 0.25) is 0 Å². The number of carbonyl (C=O) groups excluding carboxylic acids is 1. The molecule has 1 aromatic carbocycles. The van der Waals surface area contributed by atoms with E-state index in [2.05, 4.69) is 12.2 Å². The van der Waals surface area contributed by atoms with Gasteiger partial charge < -0.3 is 15.3 Å². The van der Waals surface area contributed by atoms with Crippen LogP contribution in [0.5, 0.6) is 5.75 Å². The van der Waals surface area contributed by atoms with Gasteiger partial charge in [-0.05, 0) is 50.1 Å². The topological polar surface area (TPSA) is 52.6 Å². The molecule has 0 saturated carbocycles. The molecule has 4 nitrogen and oxygen atoms in total. The summed E-state index contributed by atoms with van der Waals surface area (Å²) in [5.74, 6) is 0.818. The first-order chi connectivity index (χ1) is 9.56. The zero-order chi connectivity index (χ0) is 14.7. The summed E-state index contributed by atoms with van der Waals surface area (Å²) in [6.45, 7) is 5.59. The molecule has 1 fully saturated rings. The van der Waals surface area contributed by atoms with E-state index in [-0.39, 0.29) is 11.7 Å². The minimum atomic E-state index is 0.0705. The first-order valence-electron chi connectivity index (χ1n) is 7.33. The quantitative estimate of drug-likeness (QED) is 0.889. The number of hydrogen-bond donors (Lipinski definition) is 2. The first kappa shape index (κ1) is 14.9. The largest absolute Gasteiger partial charge is 0.508 e. The van der Waals surface area contributed by atoms with Crippen molar-refractivity contribution >= 4 is 5.91 Å². The zero-order valence-electron chi connectivity index (χ0n) is 12.5. The van der Waals surface area contributed by atoms with Gasteiger partial charge in [0.05, 0.1) is 0 Å². The highest BCUT2D eigenvalue weighted by atomic mass is 16.3. The highest BCUT2D eigenvalue weighted by Gasteiger charge is 2.29. The number of carbonyl (C=O) groups is 1. The van der Waals surface area contributed by atoms with Crippen LogP contribution >= 0.6 is 0 Å². The normalized spacial score (nSPS) is 22.9. The Kier molecular flexibility index (Phi) is 4.65. The van der Waals surface area contributed by atoms with Crippen LogP contribution in [0.3, 0.4) is 0 Å². The second kappa shape index (κ2) is 6.27. The molecular formula is C16H24N2O2. The van der Waals surface area contributed by atoms with Crippen molar-refractivity contribution in [1.29, 1.82) is 0 Å². The number of amides is 1. The molecule has 2 atom stereocenters. The van der Waals surface area contributed by atoms with Crippen LogP contribution in [0.2, 0.25) is 0 Å². The molecule has 1 aromatic rings. The summed E-state index contributed by atoms with van der Waals surface area (Å²) < 4.78 is 0. The van der Waals surface area contributed by atoms with Gasteiger partial charge in [0.15, 0.2) is 0 Å². The van der Waals surface area contributed by atoms with Crippen molar-refractivity contribution in [1.82, 2.24) is 10.2 Å². The number of nitrogens with one attached hydrogen (secondary N) is 1. The van der Waals surface area contributed by atoms with Gasteiger partial charge in [0, 0.05) is 24.7 Å². The van der Waals surface area contributed by atoms with E-state index in [1.165, 1.54) is 0 Å². The van der Waals surface area contributed by atoms with E-state index in [9.17, 15) is 9.90 Å². The molecule has 2 rings (SSSR count). The van der Waals surface area contributed by atoms with E-state index in [0.717, 1.165) is 31.5 Å². The Hall–Kier alpha value is -1.55. The fraction of sp³-hybridized carbons (Fsp3) is 0.562. The third kappa shape index (κ3) is 2.96. The summed E-state index contributed by atoms with van der Waals surface area (Å²) in [7, 11) is 1.99. The summed E-state index contributed by atoms with van der Waals surface area (Å²) in [4.78, 5) is 14.5. The molecule has 20 heavy (non-hydrogen) atoms. The number of aromatic hydroxyl groups is 1. The second-order valence-corrected chi connectivity index (χ2v) is 5.60. The van der Waals surface area contributed by atoms with Crippen molar-refractivity contribution in [2.75, 3.05) is 20.1 Å². The summed E-state index contributed by atoms with van der Waals surface area (Å²) in [5, 5.41) is 12.9. The average Bonchev–Trinajstić information content (AvgIpc) is 2.48. The van der Waals surface area contributed by atoms with Gasteiger partial charge in [0.1, 0.15) is 5.75 Å². The number of phenols is 1. The van der Waals surface area contributed by atoms with Crippen molar-refractivity contribution < 1.29 is 9.90 Å². The molecule has 2 unspecified atom stereocenters. The van der Waals surface area contributed by atoms with Crippen LogP contribution in [-0.4, -0.2) is 42.1 Å². The van der Waals surface area contributed by atoms with Crippen molar-refractivity contribution in [2.24, 2.45) is 5.92 Å². The molecule has 1 aliphatic rings. The standard InChI is InChI=1S/C16H24N2O2/c1-4-12-10-18(8-7-14(12)17-3)16(20)13-5-6-15(19)11(2)9-13/h5-6,9,12,14,17,19H,4,7-8,10H2,1-3H3. The Balaban J connectivity index is 2.11. The number of rotatable bonds is 3. The van der Waals surface area contributed by atoms with Gasteiger partial charge in [-0.1, -0.05) is 13.3 Å². The third-order valence-corrected chi connectivity index (χ3v) is 4.36. The van der Waals surface area contributed by atoms with E-state index in [1.807, 2.05) is 18.9 Å². The Morgan fingerprint density at radius 1 is 1.50 bits per heavy atom. The third-order valence-electron chi connectivity index (χ3n) is 4.36.